The minimum absolute atomic E-state index is 0.819. The van der Waals surface area contributed by atoms with E-state index in [1.807, 2.05) is 13.8 Å². The Morgan fingerprint density at radius 2 is 1.16 bits per heavy atom. The Morgan fingerprint density at radius 3 is 1.58 bits per heavy atom. The SMILES string of the molecule is CC.CCN(CC)CCN(C)CCN(C)CCOC. The van der Waals surface area contributed by atoms with Crippen molar-refractivity contribution in [1.29, 1.82) is 0 Å². The van der Waals surface area contributed by atoms with Crippen LogP contribution >= 0.6 is 0 Å². The van der Waals surface area contributed by atoms with Crippen molar-refractivity contribution in [1.82, 2.24) is 14.7 Å². The standard InChI is InChI=1S/C13H31N3O.C2H6/c1-6-16(7-2)11-10-14(3)8-9-15(4)12-13-17-5;1-2/h6-13H2,1-5H3;1-2H3. The smallest absolute Gasteiger partial charge is 0.0589 e. The van der Waals surface area contributed by atoms with Gasteiger partial charge in [-0.25, -0.2) is 0 Å². The van der Waals surface area contributed by atoms with Crippen LogP contribution in [0.25, 0.3) is 0 Å². The maximum absolute atomic E-state index is 5.07. The van der Waals surface area contributed by atoms with Gasteiger partial charge in [0.2, 0.25) is 0 Å². The van der Waals surface area contributed by atoms with Crippen LogP contribution in [-0.2, 0) is 4.74 Å². The van der Waals surface area contributed by atoms with Crippen molar-refractivity contribution in [2.75, 3.05) is 73.6 Å². The molecule has 0 rings (SSSR count). The van der Waals surface area contributed by atoms with Gasteiger partial charge >= 0.3 is 0 Å². The van der Waals surface area contributed by atoms with Crippen LogP contribution in [0.15, 0.2) is 0 Å². The van der Waals surface area contributed by atoms with Gasteiger partial charge in [0.25, 0.3) is 0 Å². The van der Waals surface area contributed by atoms with Crippen molar-refractivity contribution >= 4 is 0 Å². The Kier molecular flexibility index (Phi) is 17.7. The van der Waals surface area contributed by atoms with E-state index in [0.29, 0.717) is 0 Å². The Bertz CT molecular complexity index is 163. The molecule has 19 heavy (non-hydrogen) atoms. The summed E-state index contributed by atoms with van der Waals surface area (Å²) in [6.45, 7) is 17.1. The molecule has 0 atom stereocenters. The van der Waals surface area contributed by atoms with Crippen LogP contribution in [0.5, 0.6) is 0 Å². The number of likely N-dealkylation sites (N-methyl/N-ethyl adjacent to an activating group) is 3. The monoisotopic (exact) mass is 275 g/mol. The molecule has 0 N–H and O–H groups in total. The van der Waals surface area contributed by atoms with Crippen LogP contribution in [0, 0.1) is 0 Å². The van der Waals surface area contributed by atoms with Crippen molar-refractivity contribution in [2.24, 2.45) is 0 Å². The molecular weight excluding hydrogens is 238 g/mol. The average molecular weight is 275 g/mol. The summed E-state index contributed by atoms with van der Waals surface area (Å²) in [6, 6.07) is 0. The van der Waals surface area contributed by atoms with Gasteiger partial charge in [0.15, 0.2) is 0 Å². The van der Waals surface area contributed by atoms with E-state index in [2.05, 4.69) is 42.6 Å². The van der Waals surface area contributed by atoms with Gasteiger partial charge < -0.3 is 19.4 Å². The average Bonchev–Trinajstić information content (AvgIpc) is 2.46. The van der Waals surface area contributed by atoms with E-state index < -0.39 is 0 Å². The highest BCUT2D eigenvalue weighted by Gasteiger charge is 2.04. The summed E-state index contributed by atoms with van der Waals surface area (Å²) in [5.41, 5.74) is 0. The molecule has 0 fully saturated rings. The number of rotatable bonds is 11. The lowest BCUT2D eigenvalue weighted by molar-refractivity contribution is 0.152. The van der Waals surface area contributed by atoms with Gasteiger partial charge in [-0.2, -0.15) is 0 Å². The highest BCUT2D eigenvalue weighted by Crippen LogP contribution is 1.91. The molecule has 0 aromatic heterocycles. The van der Waals surface area contributed by atoms with E-state index in [0.717, 1.165) is 45.9 Å². The molecular formula is C15H37N3O. The lowest BCUT2D eigenvalue weighted by atomic mass is 10.4. The first kappa shape index (κ1) is 21.1. The predicted octanol–water partition coefficient (Wildman–Crippen LogP) is 1.86. The molecule has 0 aliphatic carbocycles. The van der Waals surface area contributed by atoms with E-state index in [1.165, 1.54) is 6.54 Å². The summed E-state index contributed by atoms with van der Waals surface area (Å²) in [4.78, 5) is 7.18. The summed E-state index contributed by atoms with van der Waals surface area (Å²) in [5.74, 6) is 0. The maximum atomic E-state index is 5.07. The van der Waals surface area contributed by atoms with E-state index in [9.17, 15) is 0 Å². The highest BCUT2D eigenvalue weighted by atomic mass is 16.5. The van der Waals surface area contributed by atoms with Crippen LogP contribution in [0.4, 0.5) is 0 Å². The Balaban J connectivity index is 0. The van der Waals surface area contributed by atoms with Gasteiger partial charge in [-0.05, 0) is 27.2 Å². The number of methoxy groups -OCH3 is 1. The molecule has 118 valence electrons. The molecule has 0 spiro atoms. The van der Waals surface area contributed by atoms with E-state index >= 15 is 0 Å². The summed E-state index contributed by atoms with van der Waals surface area (Å²) in [5, 5.41) is 0. The van der Waals surface area contributed by atoms with Gasteiger partial charge in [0.05, 0.1) is 6.61 Å². The molecule has 0 aliphatic rings. The second kappa shape index (κ2) is 15.9. The quantitative estimate of drug-likeness (QED) is 0.573. The Hall–Kier alpha value is -0.160. The fourth-order valence-electron chi connectivity index (χ4n) is 1.66. The molecule has 0 bridgehead atoms. The van der Waals surface area contributed by atoms with Gasteiger partial charge in [0, 0.05) is 39.8 Å². The number of ether oxygens (including phenoxy) is 1. The molecule has 0 radical (unpaired) electrons. The molecule has 0 unspecified atom stereocenters. The van der Waals surface area contributed by atoms with Gasteiger partial charge in [-0.15, -0.1) is 0 Å². The van der Waals surface area contributed by atoms with Gasteiger partial charge in [0.1, 0.15) is 0 Å². The van der Waals surface area contributed by atoms with Crippen LogP contribution in [0.3, 0.4) is 0 Å². The van der Waals surface area contributed by atoms with Crippen molar-refractivity contribution < 1.29 is 4.74 Å². The molecule has 0 aromatic carbocycles. The van der Waals surface area contributed by atoms with E-state index in [-0.39, 0.29) is 0 Å². The minimum atomic E-state index is 0.819. The lowest BCUT2D eigenvalue weighted by Crippen LogP contribution is -2.37. The maximum Gasteiger partial charge on any atom is 0.0589 e. The second-order valence-corrected chi connectivity index (χ2v) is 4.63. The number of nitrogens with zero attached hydrogens (tertiary/aromatic N) is 3. The summed E-state index contributed by atoms with van der Waals surface area (Å²) in [6.07, 6.45) is 0. The summed E-state index contributed by atoms with van der Waals surface area (Å²) >= 11 is 0. The zero-order valence-electron chi connectivity index (χ0n) is 14.4. The van der Waals surface area contributed by atoms with Crippen molar-refractivity contribution in [3.63, 3.8) is 0 Å². The molecule has 4 heteroatoms. The molecule has 4 nitrogen and oxygen atoms in total. The number of hydrogen-bond acceptors (Lipinski definition) is 4. The first-order valence-corrected chi connectivity index (χ1v) is 7.72. The van der Waals surface area contributed by atoms with Crippen LogP contribution in [0.2, 0.25) is 0 Å². The van der Waals surface area contributed by atoms with Crippen molar-refractivity contribution in [3.8, 4) is 0 Å². The molecule has 0 aliphatic heterocycles. The largest absolute Gasteiger partial charge is 0.383 e. The third-order valence-electron chi connectivity index (χ3n) is 3.23. The van der Waals surface area contributed by atoms with Crippen LogP contribution in [-0.4, -0.2) is 88.3 Å². The normalized spacial score (nSPS) is 11.1. The molecule has 0 aromatic rings. The molecule has 0 saturated carbocycles. The lowest BCUT2D eigenvalue weighted by Gasteiger charge is -2.25. The van der Waals surface area contributed by atoms with Crippen LogP contribution in [0.1, 0.15) is 27.7 Å². The minimum Gasteiger partial charge on any atom is -0.383 e. The number of hydrogen-bond donors (Lipinski definition) is 0. The Morgan fingerprint density at radius 1 is 0.737 bits per heavy atom. The Labute approximate surface area is 121 Å². The zero-order valence-corrected chi connectivity index (χ0v) is 14.4. The molecule has 0 amide bonds. The molecule has 0 saturated heterocycles. The fourth-order valence-corrected chi connectivity index (χ4v) is 1.66. The third-order valence-corrected chi connectivity index (χ3v) is 3.23. The van der Waals surface area contributed by atoms with Gasteiger partial charge in [-0.1, -0.05) is 27.7 Å². The topological polar surface area (TPSA) is 19.0 Å². The first-order valence-electron chi connectivity index (χ1n) is 7.72. The molecule has 0 heterocycles. The predicted molar refractivity (Wildman–Crippen MR) is 86.0 cm³/mol. The summed E-state index contributed by atoms with van der Waals surface area (Å²) < 4.78 is 5.07. The second-order valence-electron chi connectivity index (χ2n) is 4.63. The summed E-state index contributed by atoms with van der Waals surface area (Å²) in [7, 11) is 6.11. The zero-order chi connectivity index (χ0) is 15.1. The fraction of sp³-hybridized carbons (Fsp3) is 1.00. The van der Waals surface area contributed by atoms with E-state index in [1.54, 1.807) is 7.11 Å². The third kappa shape index (κ3) is 14.1. The van der Waals surface area contributed by atoms with Gasteiger partial charge in [-0.3, -0.25) is 0 Å². The highest BCUT2D eigenvalue weighted by molar-refractivity contribution is 4.60. The van der Waals surface area contributed by atoms with Crippen molar-refractivity contribution in [2.45, 2.75) is 27.7 Å². The van der Waals surface area contributed by atoms with Crippen LogP contribution < -0.4 is 0 Å². The first-order chi connectivity index (χ1) is 9.13. The van der Waals surface area contributed by atoms with Crippen molar-refractivity contribution in [3.05, 3.63) is 0 Å². The van der Waals surface area contributed by atoms with E-state index in [4.69, 9.17) is 4.74 Å².